The molecular formula is C11H13FN2S. The van der Waals surface area contributed by atoms with Crippen LogP contribution in [0.5, 0.6) is 0 Å². The molecule has 4 heteroatoms. The molecule has 0 aromatic heterocycles. The summed E-state index contributed by atoms with van der Waals surface area (Å²) in [5, 5.41) is 0. The van der Waals surface area contributed by atoms with Crippen molar-refractivity contribution in [3.05, 3.63) is 30.1 Å². The fraction of sp³-hybridized carbons (Fsp3) is 0.273. The maximum absolute atomic E-state index is 12.8. The largest absolute Gasteiger partial charge is 0.271 e. The van der Waals surface area contributed by atoms with Crippen molar-refractivity contribution >= 4 is 11.8 Å². The minimum Gasteiger partial charge on any atom is -0.271 e. The minimum absolute atomic E-state index is 0.0586. The second-order valence-corrected chi connectivity index (χ2v) is 4.13. The number of hydrazine groups is 1. The lowest BCUT2D eigenvalue weighted by Gasteiger charge is -2.11. The zero-order valence-electron chi connectivity index (χ0n) is 8.24. The smallest absolute Gasteiger partial charge is 0.124 e. The molecule has 0 saturated carbocycles. The molecule has 2 nitrogen and oxygen atoms in total. The Morgan fingerprint density at radius 3 is 3.00 bits per heavy atom. The third-order valence-corrected chi connectivity index (χ3v) is 3.00. The Bertz CT molecular complexity index is 349. The number of halogens is 1. The van der Waals surface area contributed by atoms with Gasteiger partial charge < -0.3 is 0 Å². The molecule has 1 atom stereocenters. The number of nitrogens with one attached hydrogen (secondary N) is 1. The van der Waals surface area contributed by atoms with Crippen LogP contribution in [0.25, 0.3) is 0 Å². The van der Waals surface area contributed by atoms with Gasteiger partial charge in [0.15, 0.2) is 0 Å². The van der Waals surface area contributed by atoms with E-state index in [2.05, 4.69) is 11.3 Å². The van der Waals surface area contributed by atoms with E-state index in [-0.39, 0.29) is 11.9 Å². The van der Waals surface area contributed by atoms with Crippen LogP contribution in [-0.2, 0) is 0 Å². The summed E-state index contributed by atoms with van der Waals surface area (Å²) in [6.45, 7) is 0. The second kappa shape index (κ2) is 6.46. The Morgan fingerprint density at radius 1 is 1.60 bits per heavy atom. The van der Waals surface area contributed by atoms with E-state index >= 15 is 0 Å². The Kier molecular flexibility index (Phi) is 5.19. The van der Waals surface area contributed by atoms with Gasteiger partial charge in [-0.1, -0.05) is 6.07 Å². The van der Waals surface area contributed by atoms with Crippen LogP contribution in [0, 0.1) is 18.2 Å². The van der Waals surface area contributed by atoms with Gasteiger partial charge >= 0.3 is 0 Å². The first-order chi connectivity index (χ1) is 7.26. The predicted molar refractivity (Wildman–Crippen MR) is 61.7 cm³/mol. The maximum Gasteiger partial charge on any atom is 0.124 e. The Morgan fingerprint density at radius 2 is 2.40 bits per heavy atom. The van der Waals surface area contributed by atoms with Crippen LogP contribution < -0.4 is 11.3 Å². The molecule has 0 saturated heterocycles. The van der Waals surface area contributed by atoms with Crippen LogP contribution in [0.15, 0.2) is 29.2 Å². The molecule has 0 aliphatic heterocycles. The first-order valence-corrected chi connectivity index (χ1v) is 5.52. The van der Waals surface area contributed by atoms with E-state index in [1.54, 1.807) is 6.07 Å². The van der Waals surface area contributed by atoms with E-state index in [0.717, 1.165) is 10.6 Å². The van der Waals surface area contributed by atoms with Crippen molar-refractivity contribution in [1.82, 2.24) is 5.43 Å². The van der Waals surface area contributed by atoms with E-state index in [1.807, 2.05) is 6.07 Å². The summed E-state index contributed by atoms with van der Waals surface area (Å²) in [4.78, 5) is 0.882. The minimum atomic E-state index is -0.228. The van der Waals surface area contributed by atoms with E-state index in [0.29, 0.717) is 6.42 Å². The van der Waals surface area contributed by atoms with Gasteiger partial charge in [-0.3, -0.25) is 11.3 Å². The van der Waals surface area contributed by atoms with Gasteiger partial charge in [-0.15, -0.1) is 24.1 Å². The average Bonchev–Trinajstić information content (AvgIpc) is 2.24. The number of thioether (sulfide) groups is 1. The van der Waals surface area contributed by atoms with Crippen molar-refractivity contribution in [3.63, 3.8) is 0 Å². The molecule has 1 rings (SSSR count). The lowest BCUT2D eigenvalue weighted by molar-refractivity contribution is 0.591. The van der Waals surface area contributed by atoms with E-state index in [1.165, 1.54) is 23.9 Å². The number of nitrogens with two attached hydrogens (primary N) is 1. The number of hydrogen-bond donors (Lipinski definition) is 2. The first kappa shape index (κ1) is 12.1. The molecule has 0 heterocycles. The quantitative estimate of drug-likeness (QED) is 0.346. The topological polar surface area (TPSA) is 38.0 Å². The lowest BCUT2D eigenvalue weighted by Crippen LogP contribution is -2.36. The van der Waals surface area contributed by atoms with Crippen LogP contribution in [0.3, 0.4) is 0 Å². The highest BCUT2D eigenvalue weighted by Crippen LogP contribution is 2.19. The van der Waals surface area contributed by atoms with Gasteiger partial charge in [0.1, 0.15) is 5.82 Å². The molecule has 0 spiro atoms. The van der Waals surface area contributed by atoms with Gasteiger partial charge in [0.25, 0.3) is 0 Å². The summed E-state index contributed by atoms with van der Waals surface area (Å²) in [5.74, 6) is 8.36. The van der Waals surface area contributed by atoms with Crippen LogP contribution in [0.4, 0.5) is 4.39 Å². The van der Waals surface area contributed by atoms with Gasteiger partial charge in [-0.05, 0) is 18.2 Å². The molecule has 0 bridgehead atoms. The molecule has 3 N–H and O–H groups in total. The standard InChI is InChI=1S/C11H13FN2S/c1-2-4-10(14-13)8-15-11-6-3-5-9(12)7-11/h1,3,5-7,10,14H,4,8,13H2. The molecule has 0 fully saturated rings. The van der Waals surface area contributed by atoms with Crippen molar-refractivity contribution in [2.75, 3.05) is 5.75 Å². The highest BCUT2D eigenvalue weighted by molar-refractivity contribution is 7.99. The second-order valence-electron chi connectivity index (χ2n) is 3.04. The monoisotopic (exact) mass is 224 g/mol. The van der Waals surface area contributed by atoms with E-state index in [4.69, 9.17) is 12.3 Å². The predicted octanol–water partition coefficient (Wildman–Crippen LogP) is 1.77. The van der Waals surface area contributed by atoms with E-state index in [9.17, 15) is 4.39 Å². The third-order valence-electron chi connectivity index (χ3n) is 1.85. The molecule has 1 unspecified atom stereocenters. The molecule has 0 aliphatic carbocycles. The fourth-order valence-corrected chi connectivity index (χ4v) is 2.04. The highest BCUT2D eigenvalue weighted by atomic mass is 32.2. The summed E-state index contributed by atoms with van der Waals surface area (Å²) in [6.07, 6.45) is 5.75. The van der Waals surface area contributed by atoms with Gasteiger partial charge in [-0.2, -0.15) is 0 Å². The summed E-state index contributed by atoms with van der Waals surface area (Å²) in [7, 11) is 0. The van der Waals surface area contributed by atoms with E-state index < -0.39 is 0 Å². The molecule has 1 aromatic rings. The van der Waals surface area contributed by atoms with Gasteiger partial charge in [-0.25, -0.2) is 4.39 Å². The highest BCUT2D eigenvalue weighted by Gasteiger charge is 2.05. The van der Waals surface area contributed by atoms with Crippen molar-refractivity contribution < 1.29 is 4.39 Å². The zero-order chi connectivity index (χ0) is 11.1. The Balaban J connectivity index is 2.46. The Labute approximate surface area is 93.4 Å². The zero-order valence-corrected chi connectivity index (χ0v) is 9.06. The average molecular weight is 224 g/mol. The molecular weight excluding hydrogens is 211 g/mol. The normalized spacial score (nSPS) is 12.1. The number of rotatable bonds is 5. The number of hydrogen-bond acceptors (Lipinski definition) is 3. The SMILES string of the molecule is C#CCC(CSc1cccc(F)c1)NN. The molecule has 0 radical (unpaired) electrons. The summed E-state index contributed by atoms with van der Waals surface area (Å²) >= 11 is 1.53. The molecule has 15 heavy (non-hydrogen) atoms. The van der Waals surface area contributed by atoms with Crippen molar-refractivity contribution in [1.29, 1.82) is 0 Å². The first-order valence-electron chi connectivity index (χ1n) is 4.54. The van der Waals surface area contributed by atoms with Crippen molar-refractivity contribution in [3.8, 4) is 12.3 Å². The number of benzene rings is 1. The van der Waals surface area contributed by atoms with Crippen LogP contribution in [0.1, 0.15) is 6.42 Å². The summed E-state index contributed by atoms with van der Waals surface area (Å²) in [6, 6.07) is 6.52. The summed E-state index contributed by atoms with van der Waals surface area (Å²) < 4.78 is 12.8. The molecule has 0 amide bonds. The van der Waals surface area contributed by atoms with Crippen LogP contribution in [0.2, 0.25) is 0 Å². The number of terminal acetylenes is 1. The van der Waals surface area contributed by atoms with Crippen molar-refractivity contribution in [2.45, 2.75) is 17.4 Å². The summed E-state index contributed by atoms with van der Waals surface area (Å²) in [5.41, 5.74) is 2.63. The van der Waals surface area contributed by atoms with Gasteiger partial charge in [0, 0.05) is 23.1 Å². The van der Waals surface area contributed by atoms with Crippen LogP contribution >= 0.6 is 11.8 Å². The van der Waals surface area contributed by atoms with Gasteiger partial charge in [0.2, 0.25) is 0 Å². The maximum atomic E-state index is 12.8. The fourth-order valence-electron chi connectivity index (χ4n) is 1.06. The van der Waals surface area contributed by atoms with Crippen LogP contribution in [-0.4, -0.2) is 11.8 Å². The molecule has 1 aromatic carbocycles. The van der Waals surface area contributed by atoms with Crippen molar-refractivity contribution in [2.24, 2.45) is 5.84 Å². The van der Waals surface area contributed by atoms with Gasteiger partial charge in [0.05, 0.1) is 0 Å². The third kappa shape index (κ3) is 4.34. The molecule has 0 aliphatic rings. The lowest BCUT2D eigenvalue weighted by atomic mass is 10.3. The molecule has 80 valence electrons. The Hall–Kier alpha value is -1.02.